The number of benzene rings is 2. The fraction of sp³-hybridized carbons (Fsp3) is 0.250. The second-order valence-electron chi connectivity index (χ2n) is 6.06. The van der Waals surface area contributed by atoms with Crippen LogP contribution in [0.2, 0.25) is 0 Å². The summed E-state index contributed by atoms with van der Waals surface area (Å²) in [5.41, 5.74) is 1.71. The van der Waals surface area contributed by atoms with Crippen molar-refractivity contribution in [2.75, 3.05) is 18.1 Å². The first-order valence-corrected chi connectivity index (χ1v) is 9.73. The van der Waals surface area contributed by atoms with Crippen LogP contribution in [0.25, 0.3) is 0 Å². The van der Waals surface area contributed by atoms with E-state index in [4.69, 9.17) is 0 Å². The minimum atomic E-state index is -0.322. The van der Waals surface area contributed by atoms with Gasteiger partial charge in [0.05, 0.1) is 11.1 Å². The Bertz CT molecular complexity index is 862. The van der Waals surface area contributed by atoms with Gasteiger partial charge in [-0.2, -0.15) is 0 Å². The summed E-state index contributed by atoms with van der Waals surface area (Å²) >= 11 is 1.63. The molecule has 26 heavy (non-hydrogen) atoms. The number of amides is 3. The van der Waals surface area contributed by atoms with Crippen LogP contribution in [0.4, 0.5) is 5.69 Å². The number of unbranched alkanes of at least 4 members (excludes halogenated alkanes) is 1. The summed E-state index contributed by atoms with van der Waals surface area (Å²) in [5.74, 6) is -0.910. The van der Waals surface area contributed by atoms with Crippen LogP contribution in [-0.4, -0.2) is 35.4 Å². The van der Waals surface area contributed by atoms with Gasteiger partial charge in [-0.05, 0) is 55.1 Å². The summed E-state index contributed by atoms with van der Waals surface area (Å²) in [6, 6.07) is 12.2. The summed E-state index contributed by atoms with van der Waals surface area (Å²) in [4.78, 5) is 39.7. The monoisotopic (exact) mass is 368 g/mol. The third-order valence-electron chi connectivity index (χ3n) is 4.32. The maximum Gasteiger partial charge on any atom is 0.261 e. The number of fused-ring (bicyclic) bond motifs is 1. The molecule has 0 unspecified atom stereocenters. The highest BCUT2D eigenvalue weighted by Crippen LogP contribution is 2.25. The normalized spacial score (nSPS) is 13.1. The molecule has 1 heterocycles. The highest BCUT2D eigenvalue weighted by molar-refractivity contribution is 7.98. The van der Waals surface area contributed by atoms with Crippen LogP contribution in [-0.2, 0) is 0 Å². The van der Waals surface area contributed by atoms with Gasteiger partial charge >= 0.3 is 0 Å². The minimum absolute atomic E-state index is 0.280. The van der Waals surface area contributed by atoms with Crippen molar-refractivity contribution in [1.82, 2.24) is 4.90 Å². The van der Waals surface area contributed by atoms with E-state index in [0.717, 1.165) is 17.7 Å². The van der Waals surface area contributed by atoms with Crippen LogP contribution in [0.3, 0.4) is 0 Å². The van der Waals surface area contributed by atoms with Crippen molar-refractivity contribution in [3.8, 4) is 0 Å². The molecule has 3 rings (SSSR count). The topological polar surface area (TPSA) is 66.5 Å². The summed E-state index contributed by atoms with van der Waals surface area (Å²) in [6.45, 7) is 2.42. The van der Waals surface area contributed by atoms with Gasteiger partial charge in [0.15, 0.2) is 0 Å². The van der Waals surface area contributed by atoms with E-state index in [1.54, 1.807) is 23.9 Å². The molecule has 0 radical (unpaired) electrons. The lowest BCUT2D eigenvalue weighted by molar-refractivity contribution is 0.0652. The molecule has 1 aliphatic heterocycles. The fourth-order valence-electron chi connectivity index (χ4n) is 2.83. The van der Waals surface area contributed by atoms with Gasteiger partial charge in [-0.1, -0.05) is 13.3 Å². The van der Waals surface area contributed by atoms with Crippen molar-refractivity contribution in [3.63, 3.8) is 0 Å². The SMILES string of the molecule is CCCCN1C(=O)c2ccc(C(=O)Nc3ccc(SC)cc3)cc2C1=O. The van der Waals surface area contributed by atoms with Crippen molar-refractivity contribution in [2.24, 2.45) is 0 Å². The van der Waals surface area contributed by atoms with Crippen molar-refractivity contribution in [1.29, 1.82) is 0 Å². The highest BCUT2D eigenvalue weighted by atomic mass is 32.2. The predicted molar refractivity (Wildman–Crippen MR) is 103 cm³/mol. The summed E-state index contributed by atoms with van der Waals surface area (Å²) in [6.07, 6.45) is 3.65. The lowest BCUT2D eigenvalue weighted by atomic mass is 10.1. The lowest BCUT2D eigenvalue weighted by Crippen LogP contribution is -2.30. The second-order valence-corrected chi connectivity index (χ2v) is 6.94. The van der Waals surface area contributed by atoms with E-state index in [2.05, 4.69) is 5.32 Å². The molecule has 3 amide bonds. The van der Waals surface area contributed by atoms with Gasteiger partial charge in [-0.25, -0.2) is 0 Å². The van der Waals surface area contributed by atoms with Crippen LogP contribution in [0.15, 0.2) is 47.4 Å². The van der Waals surface area contributed by atoms with E-state index >= 15 is 0 Å². The molecule has 0 spiro atoms. The highest BCUT2D eigenvalue weighted by Gasteiger charge is 2.35. The van der Waals surface area contributed by atoms with Crippen LogP contribution < -0.4 is 5.32 Å². The molecule has 5 nitrogen and oxygen atoms in total. The Morgan fingerprint density at radius 1 is 1.04 bits per heavy atom. The van der Waals surface area contributed by atoms with Crippen LogP contribution >= 0.6 is 11.8 Å². The van der Waals surface area contributed by atoms with Crippen molar-refractivity contribution in [2.45, 2.75) is 24.7 Å². The van der Waals surface area contributed by atoms with Crippen LogP contribution in [0.1, 0.15) is 50.8 Å². The van der Waals surface area contributed by atoms with Crippen molar-refractivity contribution in [3.05, 3.63) is 59.2 Å². The molecule has 2 aromatic rings. The van der Waals surface area contributed by atoms with Gasteiger partial charge in [0.2, 0.25) is 0 Å². The van der Waals surface area contributed by atoms with E-state index in [9.17, 15) is 14.4 Å². The fourth-order valence-corrected chi connectivity index (χ4v) is 3.24. The molecule has 6 heteroatoms. The van der Waals surface area contributed by atoms with E-state index < -0.39 is 0 Å². The average molecular weight is 368 g/mol. The number of rotatable bonds is 6. The Labute approximate surface area is 156 Å². The summed E-state index contributed by atoms with van der Waals surface area (Å²) in [7, 11) is 0. The lowest BCUT2D eigenvalue weighted by Gasteiger charge is -2.12. The molecule has 134 valence electrons. The Kier molecular flexibility index (Phi) is 5.42. The molecule has 0 saturated carbocycles. The van der Waals surface area contributed by atoms with Gasteiger partial charge in [-0.3, -0.25) is 19.3 Å². The number of nitrogens with one attached hydrogen (secondary N) is 1. The number of hydrogen-bond donors (Lipinski definition) is 1. The van der Waals surface area contributed by atoms with Crippen molar-refractivity contribution < 1.29 is 14.4 Å². The smallest absolute Gasteiger partial charge is 0.261 e. The standard InChI is InChI=1S/C20H20N2O3S/c1-3-4-11-22-19(24)16-10-5-13(12-17(16)20(22)25)18(23)21-14-6-8-15(26-2)9-7-14/h5-10,12H,3-4,11H2,1-2H3,(H,21,23). The number of imide groups is 1. The second kappa shape index (κ2) is 7.74. The number of carbonyl (C=O) groups is 3. The Morgan fingerprint density at radius 2 is 1.73 bits per heavy atom. The van der Waals surface area contributed by atoms with Gasteiger partial charge < -0.3 is 5.32 Å². The number of carbonyl (C=O) groups excluding carboxylic acids is 3. The molecule has 1 aliphatic rings. The van der Waals surface area contributed by atoms with Gasteiger partial charge in [-0.15, -0.1) is 11.8 Å². The molecule has 0 fully saturated rings. The van der Waals surface area contributed by atoms with Crippen molar-refractivity contribution >= 4 is 35.2 Å². The Morgan fingerprint density at radius 3 is 2.38 bits per heavy atom. The third kappa shape index (κ3) is 3.51. The van der Waals surface area contributed by atoms with E-state index in [1.807, 2.05) is 37.4 Å². The average Bonchev–Trinajstić information content (AvgIpc) is 2.90. The first-order valence-electron chi connectivity index (χ1n) is 8.50. The van der Waals surface area contributed by atoms with Crippen LogP contribution in [0, 0.1) is 0 Å². The molecule has 0 aliphatic carbocycles. The molecule has 0 atom stereocenters. The molecular formula is C20H20N2O3S. The number of nitrogens with zero attached hydrogens (tertiary/aromatic N) is 1. The summed E-state index contributed by atoms with van der Waals surface area (Å²) in [5, 5.41) is 2.81. The van der Waals surface area contributed by atoms with E-state index in [1.165, 1.54) is 11.0 Å². The zero-order valence-electron chi connectivity index (χ0n) is 14.7. The third-order valence-corrected chi connectivity index (χ3v) is 5.06. The van der Waals surface area contributed by atoms with Gasteiger partial charge in [0.25, 0.3) is 17.7 Å². The molecule has 0 bridgehead atoms. The molecular weight excluding hydrogens is 348 g/mol. The van der Waals surface area contributed by atoms with E-state index in [0.29, 0.717) is 28.9 Å². The van der Waals surface area contributed by atoms with Crippen LogP contribution in [0.5, 0.6) is 0 Å². The maximum absolute atomic E-state index is 12.5. The zero-order chi connectivity index (χ0) is 18.7. The molecule has 1 N–H and O–H groups in total. The maximum atomic E-state index is 12.5. The van der Waals surface area contributed by atoms with E-state index in [-0.39, 0.29) is 17.7 Å². The first kappa shape index (κ1) is 18.2. The zero-order valence-corrected chi connectivity index (χ0v) is 15.6. The minimum Gasteiger partial charge on any atom is -0.322 e. The molecule has 0 saturated heterocycles. The summed E-state index contributed by atoms with van der Waals surface area (Å²) < 4.78 is 0. The molecule has 0 aromatic heterocycles. The number of anilines is 1. The Hall–Kier alpha value is -2.60. The van der Waals surface area contributed by atoms with Gasteiger partial charge in [0, 0.05) is 22.7 Å². The largest absolute Gasteiger partial charge is 0.322 e. The predicted octanol–water partition coefficient (Wildman–Crippen LogP) is 4.06. The molecule has 2 aromatic carbocycles. The quantitative estimate of drug-likeness (QED) is 0.617. The number of thioether (sulfide) groups is 1. The number of hydrogen-bond acceptors (Lipinski definition) is 4. The van der Waals surface area contributed by atoms with Gasteiger partial charge in [0.1, 0.15) is 0 Å². The first-order chi connectivity index (χ1) is 12.5. The Balaban J connectivity index is 1.79.